The molecular formula is C8H6NO4. The molecule has 0 heterocycles. The largest absolute Gasteiger partial charge is 0.478 e. The standard InChI is InChI=1S/C8H6NO4/c9-4-1-2-5(7(10)11)6(3-4)8(12)13/h1-3,9H,(H,10,11)(H,12,13). The maximum absolute atomic E-state index is 10.5. The van der Waals surface area contributed by atoms with Crippen molar-refractivity contribution in [2.24, 2.45) is 0 Å². The third kappa shape index (κ3) is 1.76. The van der Waals surface area contributed by atoms with Crippen LogP contribution >= 0.6 is 0 Å². The minimum atomic E-state index is -1.34. The summed E-state index contributed by atoms with van der Waals surface area (Å²) in [6.45, 7) is 0. The summed E-state index contributed by atoms with van der Waals surface area (Å²) < 4.78 is 0. The predicted molar refractivity (Wildman–Crippen MR) is 43.1 cm³/mol. The molecule has 1 aromatic rings. The van der Waals surface area contributed by atoms with Gasteiger partial charge in [-0.3, -0.25) is 0 Å². The molecule has 1 rings (SSSR count). The highest BCUT2D eigenvalue weighted by Crippen LogP contribution is 2.14. The summed E-state index contributed by atoms with van der Waals surface area (Å²) in [5, 5.41) is 17.2. The number of carboxylic acid groups (broad SMARTS) is 2. The summed E-state index contributed by atoms with van der Waals surface area (Å²) in [6.07, 6.45) is 0. The molecule has 0 aliphatic heterocycles. The van der Waals surface area contributed by atoms with Crippen LogP contribution in [-0.2, 0) is 0 Å². The van der Waals surface area contributed by atoms with Gasteiger partial charge in [-0.05, 0) is 18.2 Å². The Morgan fingerprint density at radius 1 is 1.08 bits per heavy atom. The summed E-state index contributed by atoms with van der Waals surface area (Å²) >= 11 is 0. The van der Waals surface area contributed by atoms with Crippen molar-refractivity contribution in [2.75, 3.05) is 0 Å². The molecule has 0 aliphatic carbocycles. The molecule has 0 atom stereocenters. The number of hydrogen-bond donors (Lipinski definition) is 2. The Labute approximate surface area is 73.4 Å². The lowest BCUT2D eigenvalue weighted by atomic mass is 10.1. The van der Waals surface area contributed by atoms with Crippen molar-refractivity contribution in [1.29, 1.82) is 0 Å². The smallest absolute Gasteiger partial charge is 0.336 e. The van der Waals surface area contributed by atoms with Crippen LogP contribution in [0.5, 0.6) is 0 Å². The molecule has 3 N–H and O–H groups in total. The zero-order valence-corrected chi connectivity index (χ0v) is 6.44. The van der Waals surface area contributed by atoms with E-state index < -0.39 is 11.9 Å². The van der Waals surface area contributed by atoms with E-state index in [1.54, 1.807) is 0 Å². The van der Waals surface area contributed by atoms with Crippen LogP contribution in [0.25, 0.3) is 0 Å². The topological polar surface area (TPSA) is 98.4 Å². The number of nitrogens with one attached hydrogen (secondary N) is 1. The van der Waals surface area contributed by atoms with Crippen LogP contribution in [0.2, 0.25) is 0 Å². The van der Waals surface area contributed by atoms with E-state index in [0.717, 1.165) is 12.1 Å². The van der Waals surface area contributed by atoms with Crippen LogP contribution < -0.4 is 5.73 Å². The van der Waals surface area contributed by atoms with Crippen molar-refractivity contribution >= 4 is 17.6 Å². The fraction of sp³-hybridized carbons (Fsp3) is 0. The Bertz CT molecular complexity index is 372. The normalized spacial score (nSPS) is 9.54. The second-order valence-corrected chi connectivity index (χ2v) is 2.37. The Hall–Kier alpha value is -2.04. The molecule has 0 saturated heterocycles. The Morgan fingerprint density at radius 2 is 1.62 bits per heavy atom. The average molecular weight is 180 g/mol. The Balaban J connectivity index is 3.35. The van der Waals surface area contributed by atoms with E-state index in [-0.39, 0.29) is 16.8 Å². The third-order valence-electron chi connectivity index (χ3n) is 1.48. The van der Waals surface area contributed by atoms with Gasteiger partial charge in [0.2, 0.25) is 0 Å². The van der Waals surface area contributed by atoms with Crippen molar-refractivity contribution in [3.63, 3.8) is 0 Å². The second kappa shape index (κ2) is 3.14. The maximum Gasteiger partial charge on any atom is 0.336 e. The highest BCUT2D eigenvalue weighted by atomic mass is 16.4. The van der Waals surface area contributed by atoms with Gasteiger partial charge in [0.05, 0.1) is 16.8 Å². The number of carbonyl (C=O) groups is 2. The lowest BCUT2D eigenvalue weighted by Gasteiger charge is -2.00. The third-order valence-corrected chi connectivity index (χ3v) is 1.48. The number of benzene rings is 1. The Kier molecular flexibility index (Phi) is 2.19. The lowest BCUT2D eigenvalue weighted by molar-refractivity contribution is 0.0651. The van der Waals surface area contributed by atoms with E-state index in [2.05, 4.69) is 0 Å². The van der Waals surface area contributed by atoms with E-state index in [0.29, 0.717) is 0 Å². The van der Waals surface area contributed by atoms with Crippen LogP contribution in [0, 0.1) is 0 Å². The van der Waals surface area contributed by atoms with Gasteiger partial charge < -0.3 is 15.9 Å². The summed E-state index contributed by atoms with van der Waals surface area (Å²) in [6, 6.07) is 3.34. The lowest BCUT2D eigenvalue weighted by Crippen LogP contribution is -2.07. The van der Waals surface area contributed by atoms with Crippen molar-refractivity contribution in [1.82, 2.24) is 5.73 Å². The molecule has 0 unspecified atom stereocenters. The molecule has 0 amide bonds. The van der Waals surface area contributed by atoms with Gasteiger partial charge >= 0.3 is 11.9 Å². The highest BCUT2D eigenvalue weighted by molar-refractivity contribution is 6.02. The van der Waals surface area contributed by atoms with E-state index in [4.69, 9.17) is 15.9 Å². The summed E-state index contributed by atoms with van der Waals surface area (Å²) in [5.41, 5.74) is 6.42. The van der Waals surface area contributed by atoms with Crippen molar-refractivity contribution < 1.29 is 19.8 Å². The van der Waals surface area contributed by atoms with Gasteiger partial charge in [0, 0.05) is 0 Å². The van der Waals surface area contributed by atoms with E-state index >= 15 is 0 Å². The fourth-order valence-corrected chi connectivity index (χ4v) is 0.908. The molecule has 0 spiro atoms. The summed E-state index contributed by atoms with van der Waals surface area (Å²) in [5.74, 6) is -2.65. The van der Waals surface area contributed by atoms with Crippen LogP contribution in [0.1, 0.15) is 20.7 Å². The first kappa shape index (κ1) is 9.05. The molecule has 0 bridgehead atoms. The molecule has 5 nitrogen and oxygen atoms in total. The van der Waals surface area contributed by atoms with Crippen molar-refractivity contribution in [3.05, 3.63) is 29.3 Å². The van der Waals surface area contributed by atoms with Gasteiger partial charge in [-0.1, -0.05) is 0 Å². The second-order valence-electron chi connectivity index (χ2n) is 2.37. The van der Waals surface area contributed by atoms with Gasteiger partial charge in [-0.15, -0.1) is 0 Å². The number of aromatic carboxylic acids is 2. The number of rotatable bonds is 2. The minimum Gasteiger partial charge on any atom is -0.478 e. The van der Waals surface area contributed by atoms with E-state index in [1.165, 1.54) is 6.07 Å². The van der Waals surface area contributed by atoms with Gasteiger partial charge in [0.1, 0.15) is 0 Å². The average Bonchev–Trinajstić information content (AvgIpc) is 2.03. The molecule has 1 radical (unpaired) electrons. The molecule has 67 valence electrons. The quantitative estimate of drug-likeness (QED) is 0.709. The first-order valence-corrected chi connectivity index (χ1v) is 3.34. The monoisotopic (exact) mass is 180 g/mol. The molecule has 0 saturated carbocycles. The maximum atomic E-state index is 10.5. The van der Waals surface area contributed by atoms with Crippen LogP contribution in [0.3, 0.4) is 0 Å². The van der Waals surface area contributed by atoms with Crippen LogP contribution in [-0.4, -0.2) is 22.2 Å². The van der Waals surface area contributed by atoms with E-state index in [1.807, 2.05) is 0 Å². The van der Waals surface area contributed by atoms with Gasteiger partial charge in [0.25, 0.3) is 0 Å². The minimum absolute atomic E-state index is 0.0256. The van der Waals surface area contributed by atoms with Gasteiger partial charge in [-0.25, -0.2) is 9.59 Å². The molecule has 0 aromatic heterocycles. The fourth-order valence-electron chi connectivity index (χ4n) is 0.908. The zero-order chi connectivity index (χ0) is 10.0. The zero-order valence-electron chi connectivity index (χ0n) is 6.44. The molecule has 13 heavy (non-hydrogen) atoms. The first-order valence-electron chi connectivity index (χ1n) is 3.34. The Morgan fingerprint density at radius 3 is 2.08 bits per heavy atom. The summed E-state index contributed by atoms with van der Waals surface area (Å²) in [4.78, 5) is 21.0. The highest BCUT2D eigenvalue weighted by Gasteiger charge is 2.15. The van der Waals surface area contributed by atoms with Gasteiger partial charge in [0.15, 0.2) is 0 Å². The molecule has 1 aromatic carbocycles. The van der Waals surface area contributed by atoms with Crippen molar-refractivity contribution in [3.8, 4) is 0 Å². The van der Waals surface area contributed by atoms with Gasteiger partial charge in [-0.2, -0.15) is 0 Å². The number of hydrogen-bond acceptors (Lipinski definition) is 2. The van der Waals surface area contributed by atoms with Crippen molar-refractivity contribution in [2.45, 2.75) is 0 Å². The molecule has 5 heteroatoms. The SMILES string of the molecule is [NH]c1ccc(C(=O)O)c(C(=O)O)c1. The van der Waals surface area contributed by atoms with Crippen LogP contribution in [0.4, 0.5) is 5.69 Å². The molecular weight excluding hydrogens is 174 g/mol. The molecule has 0 fully saturated rings. The predicted octanol–water partition coefficient (Wildman–Crippen LogP) is 0.997. The van der Waals surface area contributed by atoms with E-state index in [9.17, 15) is 9.59 Å². The molecule has 0 aliphatic rings. The summed E-state index contributed by atoms with van der Waals surface area (Å²) in [7, 11) is 0. The first-order chi connectivity index (χ1) is 6.02. The number of carboxylic acids is 2. The van der Waals surface area contributed by atoms with Crippen LogP contribution in [0.15, 0.2) is 18.2 Å².